The van der Waals surface area contributed by atoms with Crippen molar-refractivity contribution in [1.82, 2.24) is 0 Å². The highest BCUT2D eigenvalue weighted by molar-refractivity contribution is 7.90. The zero-order chi connectivity index (χ0) is 14.6. The Bertz CT molecular complexity index is 565. The SMILES string of the molecule is COC(=S)c1ccc(C[C@@H](O)CO)c(S(C)(=O)=O)c1. The van der Waals surface area contributed by atoms with E-state index in [1.54, 1.807) is 12.1 Å². The van der Waals surface area contributed by atoms with Gasteiger partial charge >= 0.3 is 0 Å². The van der Waals surface area contributed by atoms with Crippen LogP contribution < -0.4 is 0 Å². The van der Waals surface area contributed by atoms with E-state index in [4.69, 9.17) is 22.1 Å². The van der Waals surface area contributed by atoms with Gasteiger partial charge in [0.15, 0.2) is 14.9 Å². The van der Waals surface area contributed by atoms with Crippen LogP contribution in [0, 0.1) is 0 Å². The molecule has 0 unspecified atom stereocenters. The van der Waals surface area contributed by atoms with E-state index in [-0.39, 0.29) is 16.4 Å². The van der Waals surface area contributed by atoms with Crippen LogP contribution >= 0.6 is 12.2 Å². The lowest BCUT2D eigenvalue weighted by atomic mass is 10.1. The molecular formula is C12H16O5S2. The third-order valence-corrected chi connectivity index (χ3v) is 4.14. The summed E-state index contributed by atoms with van der Waals surface area (Å²) in [7, 11) is -2.05. The molecule has 0 amide bonds. The highest BCUT2D eigenvalue weighted by Gasteiger charge is 2.17. The minimum absolute atomic E-state index is 0.0545. The van der Waals surface area contributed by atoms with E-state index in [0.717, 1.165) is 6.26 Å². The zero-order valence-corrected chi connectivity index (χ0v) is 12.3. The van der Waals surface area contributed by atoms with Crippen LogP contribution in [0.4, 0.5) is 0 Å². The molecule has 0 saturated carbocycles. The van der Waals surface area contributed by atoms with Gasteiger partial charge in [-0.2, -0.15) is 0 Å². The normalized spacial score (nSPS) is 13.1. The summed E-state index contributed by atoms with van der Waals surface area (Å²) in [6.45, 7) is -0.429. The lowest BCUT2D eigenvalue weighted by Crippen LogP contribution is -2.17. The van der Waals surface area contributed by atoms with Crippen molar-refractivity contribution in [2.45, 2.75) is 17.4 Å². The molecule has 0 aliphatic carbocycles. The standard InChI is InChI=1S/C12H16O5S2/c1-17-12(18)9-4-3-8(5-10(14)7-13)11(6-9)19(2,15)16/h3-4,6,10,13-14H,5,7H2,1-2H3/t10-/m1/s1. The number of ether oxygens (including phenoxy) is 1. The van der Waals surface area contributed by atoms with Gasteiger partial charge in [-0.15, -0.1) is 0 Å². The highest BCUT2D eigenvalue weighted by atomic mass is 32.2. The van der Waals surface area contributed by atoms with Gasteiger partial charge in [-0.25, -0.2) is 8.42 Å². The molecule has 0 aliphatic rings. The van der Waals surface area contributed by atoms with Crippen LogP contribution in [0.3, 0.4) is 0 Å². The molecule has 1 rings (SSSR count). The number of hydrogen-bond donors (Lipinski definition) is 2. The first-order chi connectivity index (χ1) is 8.79. The van der Waals surface area contributed by atoms with E-state index in [0.29, 0.717) is 11.1 Å². The fourth-order valence-corrected chi connectivity index (χ4v) is 2.73. The van der Waals surface area contributed by atoms with Gasteiger partial charge in [0.25, 0.3) is 0 Å². The largest absolute Gasteiger partial charge is 0.486 e. The first kappa shape index (κ1) is 16.0. The summed E-state index contributed by atoms with van der Waals surface area (Å²) in [5, 5.41) is 18.5. The number of hydrogen-bond acceptors (Lipinski definition) is 6. The third-order valence-electron chi connectivity index (χ3n) is 2.55. The number of aliphatic hydroxyl groups excluding tert-OH is 2. The highest BCUT2D eigenvalue weighted by Crippen LogP contribution is 2.20. The van der Waals surface area contributed by atoms with E-state index in [2.05, 4.69) is 0 Å². The molecule has 0 aliphatic heterocycles. The lowest BCUT2D eigenvalue weighted by Gasteiger charge is -2.13. The van der Waals surface area contributed by atoms with Crippen molar-refractivity contribution >= 4 is 27.1 Å². The molecule has 2 N–H and O–H groups in total. The summed E-state index contributed by atoms with van der Waals surface area (Å²) < 4.78 is 28.4. The van der Waals surface area contributed by atoms with Crippen LogP contribution in [-0.2, 0) is 21.0 Å². The van der Waals surface area contributed by atoms with Gasteiger partial charge in [-0.3, -0.25) is 0 Å². The van der Waals surface area contributed by atoms with Gasteiger partial charge in [-0.05, 0) is 29.9 Å². The maximum atomic E-state index is 11.8. The van der Waals surface area contributed by atoms with Crippen molar-refractivity contribution in [1.29, 1.82) is 0 Å². The third kappa shape index (κ3) is 4.24. The van der Waals surface area contributed by atoms with Crippen molar-refractivity contribution in [2.24, 2.45) is 0 Å². The molecule has 1 aromatic carbocycles. The lowest BCUT2D eigenvalue weighted by molar-refractivity contribution is 0.0950. The Kier molecular flexibility index (Phi) is 5.42. The van der Waals surface area contributed by atoms with Crippen molar-refractivity contribution in [3.05, 3.63) is 29.3 Å². The molecule has 0 bridgehead atoms. The number of sulfone groups is 1. The van der Waals surface area contributed by atoms with Crippen molar-refractivity contribution in [3.63, 3.8) is 0 Å². The Morgan fingerprint density at radius 1 is 1.47 bits per heavy atom. The molecule has 0 fully saturated rings. The van der Waals surface area contributed by atoms with Crippen LogP contribution in [0.1, 0.15) is 11.1 Å². The molecule has 7 heteroatoms. The van der Waals surface area contributed by atoms with Crippen molar-refractivity contribution < 1.29 is 23.4 Å². The molecule has 0 saturated heterocycles. The Morgan fingerprint density at radius 3 is 2.58 bits per heavy atom. The molecule has 1 atom stereocenters. The minimum atomic E-state index is -3.46. The first-order valence-corrected chi connectivity index (χ1v) is 7.79. The molecule has 0 spiro atoms. The van der Waals surface area contributed by atoms with Gasteiger partial charge < -0.3 is 14.9 Å². The molecule has 0 heterocycles. The second kappa shape index (κ2) is 6.42. The monoisotopic (exact) mass is 304 g/mol. The molecule has 106 valence electrons. The quantitative estimate of drug-likeness (QED) is 0.762. The van der Waals surface area contributed by atoms with E-state index in [9.17, 15) is 13.5 Å². The fraction of sp³-hybridized carbons (Fsp3) is 0.417. The maximum Gasteiger partial charge on any atom is 0.190 e. The van der Waals surface area contributed by atoms with Gasteiger partial charge in [-0.1, -0.05) is 6.07 Å². The summed E-state index contributed by atoms with van der Waals surface area (Å²) in [6, 6.07) is 4.61. The Labute approximate surface area is 117 Å². The van der Waals surface area contributed by atoms with E-state index < -0.39 is 22.5 Å². The van der Waals surface area contributed by atoms with Gasteiger partial charge in [0.05, 0.1) is 24.7 Å². The smallest absolute Gasteiger partial charge is 0.190 e. The summed E-state index contributed by atoms with van der Waals surface area (Å²) in [4.78, 5) is 0.0805. The van der Waals surface area contributed by atoms with E-state index in [1.807, 2.05) is 0 Å². The molecule has 0 aromatic heterocycles. The predicted octanol–water partition coefficient (Wildman–Crippen LogP) is 0.308. The second-order valence-electron chi connectivity index (χ2n) is 4.13. The topological polar surface area (TPSA) is 83.8 Å². The number of thiocarbonyl (C=S) groups is 1. The van der Waals surface area contributed by atoms with E-state index >= 15 is 0 Å². The van der Waals surface area contributed by atoms with Crippen LogP contribution in [0.15, 0.2) is 23.1 Å². The molecule has 5 nitrogen and oxygen atoms in total. The number of aliphatic hydroxyl groups is 2. The molecular weight excluding hydrogens is 288 g/mol. The number of methoxy groups -OCH3 is 1. The fourth-order valence-electron chi connectivity index (χ4n) is 1.63. The molecule has 0 radical (unpaired) electrons. The van der Waals surface area contributed by atoms with Crippen molar-refractivity contribution in [3.8, 4) is 0 Å². The second-order valence-corrected chi connectivity index (χ2v) is 6.48. The predicted molar refractivity (Wildman–Crippen MR) is 75.1 cm³/mol. The summed E-state index contributed by atoms with van der Waals surface area (Å²) in [6.07, 6.45) is 0.135. The molecule has 1 aromatic rings. The Hall–Kier alpha value is -1.02. The summed E-state index contributed by atoms with van der Waals surface area (Å²) in [5.74, 6) is 0. The van der Waals surface area contributed by atoms with Gasteiger partial charge in [0, 0.05) is 18.2 Å². The van der Waals surface area contributed by atoms with Crippen LogP contribution in [0.25, 0.3) is 0 Å². The Morgan fingerprint density at radius 2 is 2.11 bits per heavy atom. The van der Waals surface area contributed by atoms with Gasteiger partial charge in [0.1, 0.15) is 0 Å². The summed E-state index contributed by atoms with van der Waals surface area (Å²) in [5.41, 5.74) is 0.923. The average Bonchev–Trinajstić information content (AvgIpc) is 2.36. The minimum Gasteiger partial charge on any atom is -0.486 e. The average molecular weight is 304 g/mol. The van der Waals surface area contributed by atoms with Crippen LogP contribution in [0.5, 0.6) is 0 Å². The Balaban J connectivity index is 3.29. The zero-order valence-electron chi connectivity index (χ0n) is 10.7. The van der Waals surface area contributed by atoms with Crippen LogP contribution in [0.2, 0.25) is 0 Å². The van der Waals surface area contributed by atoms with Crippen molar-refractivity contribution in [2.75, 3.05) is 20.0 Å². The number of benzene rings is 1. The summed E-state index contributed by atoms with van der Waals surface area (Å²) >= 11 is 4.95. The maximum absolute atomic E-state index is 11.8. The van der Waals surface area contributed by atoms with Crippen LogP contribution in [-0.4, -0.2) is 49.8 Å². The first-order valence-electron chi connectivity index (χ1n) is 5.49. The van der Waals surface area contributed by atoms with E-state index in [1.165, 1.54) is 13.2 Å². The molecule has 19 heavy (non-hydrogen) atoms. The van der Waals surface area contributed by atoms with Gasteiger partial charge in [0.2, 0.25) is 0 Å². The number of rotatable bonds is 5.